The molecule has 2 N–H and O–H groups in total. The van der Waals surface area contributed by atoms with Crippen LogP contribution in [0.4, 0.5) is 4.79 Å². The highest BCUT2D eigenvalue weighted by Gasteiger charge is 2.30. The van der Waals surface area contributed by atoms with E-state index in [1.807, 2.05) is 0 Å². The zero-order valence-electron chi connectivity index (χ0n) is 13.3. The summed E-state index contributed by atoms with van der Waals surface area (Å²) >= 11 is 0.951. The molecule has 1 aliphatic rings. The van der Waals surface area contributed by atoms with E-state index in [9.17, 15) is 19.2 Å². The number of carbonyl (C=O) groups excluding carboxylic acids is 3. The van der Waals surface area contributed by atoms with Crippen molar-refractivity contribution in [1.29, 1.82) is 0 Å². The van der Waals surface area contributed by atoms with E-state index in [0.717, 1.165) is 16.7 Å². The summed E-state index contributed by atoms with van der Waals surface area (Å²) in [6, 6.07) is 5.46. The van der Waals surface area contributed by atoms with Crippen molar-refractivity contribution in [2.45, 2.75) is 26.4 Å². The highest BCUT2D eigenvalue weighted by molar-refractivity contribution is 8.14. The Morgan fingerprint density at radius 2 is 2.04 bits per heavy atom. The number of carboxylic acids is 1. The third-order valence-electron chi connectivity index (χ3n) is 3.59. The third-order valence-corrected chi connectivity index (χ3v) is 4.45. The van der Waals surface area contributed by atoms with Crippen LogP contribution >= 0.6 is 11.8 Å². The van der Waals surface area contributed by atoms with Gasteiger partial charge in [-0.1, -0.05) is 37.7 Å². The molecule has 7 nitrogen and oxygen atoms in total. The minimum atomic E-state index is -1.10. The maximum Gasteiger partial charge on any atom is 0.326 e. The second kappa shape index (κ2) is 7.48. The van der Waals surface area contributed by atoms with Gasteiger partial charge in [-0.3, -0.25) is 19.3 Å². The number of hydrogen-bond acceptors (Lipinski definition) is 5. The maximum absolute atomic E-state index is 12.3. The lowest BCUT2D eigenvalue weighted by Crippen LogP contribution is -2.44. The van der Waals surface area contributed by atoms with E-state index in [2.05, 4.69) is 5.32 Å². The molecule has 1 fully saturated rings. The number of imide groups is 1. The Morgan fingerprint density at radius 1 is 1.33 bits per heavy atom. The van der Waals surface area contributed by atoms with Gasteiger partial charge in [0.2, 0.25) is 5.91 Å². The van der Waals surface area contributed by atoms with Crippen LogP contribution in [0.15, 0.2) is 24.3 Å². The number of rotatable bonds is 6. The minimum Gasteiger partial charge on any atom is -0.480 e. The molecule has 0 aromatic heterocycles. The highest BCUT2D eigenvalue weighted by atomic mass is 32.2. The molecule has 1 atom stereocenters. The van der Waals surface area contributed by atoms with Gasteiger partial charge in [0, 0.05) is 5.56 Å². The normalized spacial score (nSPS) is 15.7. The average molecular weight is 350 g/mol. The largest absolute Gasteiger partial charge is 0.480 e. The molecule has 0 aliphatic carbocycles. The summed E-state index contributed by atoms with van der Waals surface area (Å²) in [5.41, 5.74) is 0.911. The smallest absolute Gasteiger partial charge is 0.326 e. The Kier molecular flexibility index (Phi) is 5.61. The van der Waals surface area contributed by atoms with Gasteiger partial charge in [-0.25, -0.2) is 4.79 Å². The predicted molar refractivity (Wildman–Crippen MR) is 88.6 cm³/mol. The molecule has 1 aliphatic heterocycles. The van der Waals surface area contributed by atoms with E-state index in [1.54, 1.807) is 38.1 Å². The van der Waals surface area contributed by atoms with Gasteiger partial charge in [-0.05, 0) is 23.6 Å². The van der Waals surface area contributed by atoms with E-state index < -0.39 is 17.9 Å². The van der Waals surface area contributed by atoms with Crippen molar-refractivity contribution in [2.24, 2.45) is 5.92 Å². The van der Waals surface area contributed by atoms with E-state index >= 15 is 0 Å². The van der Waals surface area contributed by atoms with Gasteiger partial charge in [0.05, 0.1) is 12.3 Å². The van der Waals surface area contributed by atoms with Crippen molar-refractivity contribution in [3.63, 3.8) is 0 Å². The molecule has 8 heteroatoms. The molecule has 0 radical (unpaired) electrons. The molecule has 2 rings (SSSR count). The van der Waals surface area contributed by atoms with Crippen LogP contribution in [-0.2, 0) is 16.1 Å². The first-order valence-corrected chi connectivity index (χ1v) is 8.38. The molecule has 0 unspecified atom stereocenters. The van der Waals surface area contributed by atoms with Crippen molar-refractivity contribution in [3.8, 4) is 0 Å². The standard InChI is InChI=1S/C16H18N2O5S/c1-9(2)13(15(21)22)17-14(20)11-5-3-4-10(6-11)7-18-12(19)8-24-16(18)23/h3-6,9,13H,7-8H2,1-2H3,(H,17,20)(H,21,22)/t13-/m0/s1. The molecule has 24 heavy (non-hydrogen) atoms. The van der Waals surface area contributed by atoms with Crippen LogP contribution in [0.1, 0.15) is 29.8 Å². The van der Waals surface area contributed by atoms with Crippen LogP contribution in [0, 0.1) is 5.92 Å². The summed E-state index contributed by atoms with van der Waals surface area (Å²) < 4.78 is 0. The first-order chi connectivity index (χ1) is 11.3. The second-order valence-electron chi connectivity index (χ2n) is 5.77. The van der Waals surface area contributed by atoms with Gasteiger partial charge in [0.15, 0.2) is 0 Å². The molecule has 0 saturated carbocycles. The molecule has 3 amide bonds. The van der Waals surface area contributed by atoms with Crippen LogP contribution in [0.5, 0.6) is 0 Å². The summed E-state index contributed by atoms with van der Waals surface area (Å²) in [7, 11) is 0. The number of thioether (sulfide) groups is 1. The molecule has 1 aromatic carbocycles. The van der Waals surface area contributed by atoms with Gasteiger partial charge < -0.3 is 10.4 Å². The van der Waals surface area contributed by atoms with Crippen LogP contribution in [0.2, 0.25) is 0 Å². The number of hydrogen-bond donors (Lipinski definition) is 2. The second-order valence-corrected chi connectivity index (χ2v) is 6.69. The first-order valence-electron chi connectivity index (χ1n) is 7.39. The van der Waals surface area contributed by atoms with Crippen molar-refractivity contribution in [2.75, 3.05) is 5.75 Å². The summed E-state index contributed by atoms with van der Waals surface area (Å²) in [4.78, 5) is 47.8. The fourth-order valence-electron chi connectivity index (χ4n) is 2.27. The Morgan fingerprint density at radius 3 is 2.58 bits per heavy atom. The Balaban J connectivity index is 2.12. The van der Waals surface area contributed by atoms with Gasteiger partial charge in [0.1, 0.15) is 6.04 Å². The quantitative estimate of drug-likeness (QED) is 0.810. The van der Waals surface area contributed by atoms with E-state index in [-0.39, 0.29) is 34.9 Å². The van der Waals surface area contributed by atoms with Gasteiger partial charge in [0.25, 0.3) is 11.1 Å². The fraction of sp³-hybridized carbons (Fsp3) is 0.375. The number of amides is 3. The zero-order valence-corrected chi connectivity index (χ0v) is 14.1. The fourth-order valence-corrected chi connectivity index (χ4v) is 2.99. The lowest BCUT2D eigenvalue weighted by Gasteiger charge is -2.18. The average Bonchev–Trinajstić information content (AvgIpc) is 2.84. The van der Waals surface area contributed by atoms with Gasteiger partial charge in [-0.15, -0.1) is 0 Å². The SMILES string of the molecule is CC(C)[C@H](NC(=O)c1cccc(CN2C(=O)CSC2=O)c1)C(=O)O. The van der Waals surface area contributed by atoms with Crippen LogP contribution in [0.3, 0.4) is 0 Å². The number of carboxylic acid groups (broad SMARTS) is 1. The maximum atomic E-state index is 12.3. The molecule has 1 saturated heterocycles. The minimum absolute atomic E-state index is 0.0956. The summed E-state index contributed by atoms with van der Waals surface area (Å²) in [5, 5.41) is 11.3. The monoisotopic (exact) mass is 350 g/mol. The lowest BCUT2D eigenvalue weighted by atomic mass is 10.0. The Labute approximate surface area is 143 Å². The summed E-state index contributed by atoms with van der Waals surface area (Å²) in [5.74, 6) is -1.99. The van der Waals surface area contributed by atoms with Gasteiger partial charge in [-0.2, -0.15) is 0 Å². The van der Waals surface area contributed by atoms with Crippen molar-refractivity contribution in [3.05, 3.63) is 35.4 Å². The Hall–Kier alpha value is -2.35. The lowest BCUT2D eigenvalue weighted by molar-refractivity contribution is -0.140. The number of aliphatic carboxylic acids is 1. The summed E-state index contributed by atoms with van der Waals surface area (Å²) in [6.45, 7) is 3.51. The van der Waals surface area contributed by atoms with E-state index in [4.69, 9.17) is 5.11 Å². The van der Waals surface area contributed by atoms with Gasteiger partial charge >= 0.3 is 5.97 Å². The predicted octanol–water partition coefficient (Wildman–Crippen LogP) is 1.72. The molecule has 128 valence electrons. The summed E-state index contributed by atoms with van der Waals surface area (Å²) in [6.07, 6.45) is 0. The number of benzene rings is 1. The molecular weight excluding hydrogens is 332 g/mol. The topological polar surface area (TPSA) is 104 Å². The number of nitrogens with one attached hydrogen (secondary N) is 1. The first kappa shape index (κ1) is 18.0. The van der Waals surface area contributed by atoms with E-state index in [1.165, 1.54) is 0 Å². The Bertz CT molecular complexity index is 673. The van der Waals surface area contributed by atoms with Crippen molar-refractivity contribution >= 4 is 34.8 Å². The molecular formula is C16H18N2O5S. The molecule has 1 heterocycles. The molecule has 1 aromatic rings. The number of nitrogens with zero attached hydrogens (tertiary/aromatic N) is 1. The van der Waals surface area contributed by atoms with Crippen LogP contribution < -0.4 is 5.32 Å². The van der Waals surface area contributed by atoms with E-state index in [0.29, 0.717) is 5.56 Å². The van der Waals surface area contributed by atoms with Crippen LogP contribution in [-0.4, -0.2) is 44.8 Å². The van der Waals surface area contributed by atoms with Crippen molar-refractivity contribution in [1.82, 2.24) is 10.2 Å². The molecule has 0 bridgehead atoms. The number of carbonyl (C=O) groups is 4. The third kappa shape index (κ3) is 4.14. The highest BCUT2D eigenvalue weighted by Crippen LogP contribution is 2.21. The van der Waals surface area contributed by atoms with Crippen molar-refractivity contribution < 1.29 is 24.3 Å². The zero-order chi connectivity index (χ0) is 17.9. The van der Waals surface area contributed by atoms with Crippen LogP contribution in [0.25, 0.3) is 0 Å². The molecule has 0 spiro atoms.